The largest absolute Gasteiger partial charge is 0.378 e. The number of nitrogens with zero attached hydrogens (tertiary/aromatic N) is 4. The second-order valence-corrected chi connectivity index (χ2v) is 7.24. The molecular weight excluding hydrogens is 396 g/mol. The Morgan fingerprint density at radius 2 is 1.88 bits per heavy atom. The van der Waals surface area contributed by atoms with Crippen LogP contribution in [0.5, 0.6) is 0 Å². The highest BCUT2D eigenvalue weighted by atomic mass is 79.9. The van der Waals surface area contributed by atoms with E-state index in [1.807, 2.05) is 48.2 Å². The zero-order valence-electron chi connectivity index (χ0n) is 14.5. The zero-order valence-corrected chi connectivity index (χ0v) is 16.1. The van der Waals surface area contributed by atoms with Crippen LogP contribution in [-0.2, 0) is 16.0 Å². The topological polar surface area (TPSA) is 59.7 Å². The van der Waals surface area contributed by atoms with Gasteiger partial charge in [-0.05, 0) is 31.2 Å². The van der Waals surface area contributed by atoms with Crippen molar-refractivity contribution in [1.29, 1.82) is 0 Å². The minimum absolute atomic E-state index is 0.0803. The average Bonchev–Trinajstić information content (AvgIpc) is 3.01. The number of amides is 1. The predicted octanol–water partition coefficient (Wildman–Crippen LogP) is 2.87. The lowest BCUT2D eigenvalue weighted by atomic mass is 10.1. The Balaban J connectivity index is 1.77. The number of carbonyl (C=O) groups excluding carboxylic acids is 1. The van der Waals surface area contributed by atoms with Crippen molar-refractivity contribution in [2.45, 2.75) is 13.3 Å². The second-order valence-electron chi connectivity index (χ2n) is 6.33. The van der Waals surface area contributed by atoms with Gasteiger partial charge in [-0.25, -0.2) is 9.50 Å². The van der Waals surface area contributed by atoms with E-state index in [1.54, 1.807) is 4.52 Å². The fraction of sp³-hybridized carbons (Fsp3) is 0.316. The first kappa shape index (κ1) is 17.2. The molecule has 0 N–H and O–H groups in total. The molecule has 6 nitrogen and oxygen atoms in total. The van der Waals surface area contributed by atoms with Crippen LogP contribution in [0.15, 0.2) is 40.9 Å². The molecule has 0 unspecified atom stereocenters. The van der Waals surface area contributed by atoms with E-state index in [2.05, 4.69) is 21.0 Å². The van der Waals surface area contributed by atoms with Gasteiger partial charge in [-0.15, -0.1) is 0 Å². The lowest BCUT2D eigenvalue weighted by Gasteiger charge is -2.26. The standard InChI is InChI=1S/C19H19BrN4O2/c1-13-2-7-17-21-19(14-3-5-15(20)6-4-14)16(24(17)22-13)12-18(25)23-8-10-26-11-9-23/h2-7H,8-12H2,1H3. The van der Waals surface area contributed by atoms with Gasteiger partial charge in [0, 0.05) is 23.1 Å². The number of rotatable bonds is 3. The molecule has 1 aliphatic heterocycles. The number of carbonyl (C=O) groups is 1. The summed E-state index contributed by atoms with van der Waals surface area (Å²) in [5.41, 5.74) is 4.23. The maximum Gasteiger partial charge on any atom is 0.228 e. The lowest BCUT2D eigenvalue weighted by Crippen LogP contribution is -2.41. The van der Waals surface area contributed by atoms with Crippen LogP contribution in [0.2, 0.25) is 0 Å². The molecule has 2 aromatic heterocycles. The molecule has 0 saturated carbocycles. The maximum atomic E-state index is 12.8. The SMILES string of the molecule is Cc1ccc2nc(-c3ccc(Br)cc3)c(CC(=O)N3CCOCC3)n2n1. The van der Waals surface area contributed by atoms with E-state index in [0.29, 0.717) is 26.3 Å². The first-order chi connectivity index (χ1) is 12.6. The van der Waals surface area contributed by atoms with Crippen LogP contribution in [0, 0.1) is 6.92 Å². The molecule has 1 aliphatic rings. The lowest BCUT2D eigenvalue weighted by molar-refractivity contribution is -0.134. The number of ether oxygens (including phenoxy) is 1. The van der Waals surface area contributed by atoms with E-state index in [4.69, 9.17) is 9.72 Å². The third-order valence-electron chi connectivity index (χ3n) is 4.50. The highest BCUT2D eigenvalue weighted by molar-refractivity contribution is 9.10. The summed E-state index contributed by atoms with van der Waals surface area (Å²) < 4.78 is 8.15. The fourth-order valence-corrected chi connectivity index (χ4v) is 3.40. The van der Waals surface area contributed by atoms with Crippen LogP contribution in [0.3, 0.4) is 0 Å². The van der Waals surface area contributed by atoms with Crippen LogP contribution in [0.1, 0.15) is 11.4 Å². The van der Waals surface area contributed by atoms with Gasteiger partial charge in [0.05, 0.1) is 36.7 Å². The van der Waals surface area contributed by atoms with Crippen LogP contribution in [-0.4, -0.2) is 51.7 Å². The van der Waals surface area contributed by atoms with Gasteiger partial charge in [0.15, 0.2) is 5.65 Å². The number of halogens is 1. The van der Waals surface area contributed by atoms with Crippen LogP contribution >= 0.6 is 15.9 Å². The smallest absolute Gasteiger partial charge is 0.228 e. The van der Waals surface area contributed by atoms with Crippen LogP contribution < -0.4 is 0 Å². The summed E-state index contributed by atoms with van der Waals surface area (Å²) >= 11 is 3.46. The van der Waals surface area contributed by atoms with Crippen molar-refractivity contribution >= 4 is 27.5 Å². The maximum absolute atomic E-state index is 12.8. The van der Waals surface area contributed by atoms with E-state index in [0.717, 1.165) is 32.8 Å². The minimum atomic E-state index is 0.0803. The normalized spacial score (nSPS) is 14.8. The van der Waals surface area contributed by atoms with Gasteiger partial charge in [-0.2, -0.15) is 5.10 Å². The number of hydrogen-bond acceptors (Lipinski definition) is 4. The van der Waals surface area contributed by atoms with Gasteiger partial charge >= 0.3 is 0 Å². The summed E-state index contributed by atoms with van der Waals surface area (Å²) in [7, 11) is 0. The van der Waals surface area contributed by atoms with Crippen molar-refractivity contribution in [1.82, 2.24) is 19.5 Å². The van der Waals surface area contributed by atoms with Gasteiger partial charge < -0.3 is 9.64 Å². The fourth-order valence-electron chi connectivity index (χ4n) is 3.14. The molecule has 1 aromatic carbocycles. The van der Waals surface area contributed by atoms with E-state index in [-0.39, 0.29) is 12.3 Å². The minimum Gasteiger partial charge on any atom is -0.378 e. The Bertz CT molecular complexity index is 946. The van der Waals surface area contributed by atoms with Crippen molar-refractivity contribution < 1.29 is 9.53 Å². The Labute approximate surface area is 159 Å². The van der Waals surface area contributed by atoms with Crippen molar-refractivity contribution in [3.8, 4) is 11.3 Å². The Morgan fingerprint density at radius 1 is 1.15 bits per heavy atom. The summed E-state index contributed by atoms with van der Waals surface area (Å²) in [4.78, 5) is 19.4. The molecule has 7 heteroatoms. The summed E-state index contributed by atoms with van der Waals surface area (Å²) in [5, 5.41) is 4.59. The number of fused-ring (bicyclic) bond motifs is 1. The number of hydrogen-bond donors (Lipinski definition) is 0. The summed E-state index contributed by atoms with van der Waals surface area (Å²) in [6, 6.07) is 11.8. The molecule has 0 aliphatic carbocycles. The van der Waals surface area contributed by atoms with Crippen molar-refractivity contribution in [3.05, 3.63) is 52.3 Å². The molecule has 3 heterocycles. The third-order valence-corrected chi connectivity index (χ3v) is 5.03. The molecule has 0 atom stereocenters. The Kier molecular flexibility index (Phi) is 4.74. The van der Waals surface area contributed by atoms with Crippen LogP contribution in [0.25, 0.3) is 16.9 Å². The van der Waals surface area contributed by atoms with E-state index >= 15 is 0 Å². The molecule has 134 valence electrons. The predicted molar refractivity (Wildman–Crippen MR) is 102 cm³/mol. The number of morpholine rings is 1. The molecule has 4 rings (SSSR count). The second kappa shape index (κ2) is 7.17. The molecule has 1 fully saturated rings. The molecule has 0 radical (unpaired) electrons. The van der Waals surface area contributed by atoms with Gasteiger partial charge in [0.25, 0.3) is 0 Å². The molecule has 0 bridgehead atoms. The molecule has 3 aromatic rings. The Hall–Kier alpha value is -2.25. The summed E-state index contributed by atoms with van der Waals surface area (Å²) in [5.74, 6) is 0.0803. The number of imidazole rings is 1. The van der Waals surface area contributed by atoms with Crippen molar-refractivity contribution in [2.75, 3.05) is 26.3 Å². The first-order valence-electron chi connectivity index (χ1n) is 8.58. The highest BCUT2D eigenvalue weighted by Gasteiger charge is 2.22. The van der Waals surface area contributed by atoms with E-state index in [9.17, 15) is 4.79 Å². The molecule has 0 spiro atoms. The number of benzene rings is 1. The van der Waals surface area contributed by atoms with Gasteiger partial charge in [-0.3, -0.25) is 4.79 Å². The molecule has 1 saturated heterocycles. The zero-order chi connectivity index (χ0) is 18.1. The van der Waals surface area contributed by atoms with Crippen LogP contribution in [0.4, 0.5) is 0 Å². The molecular formula is C19H19BrN4O2. The van der Waals surface area contributed by atoms with E-state index in [1.165, 1.54) is 0 Å². The number of aryl methyl sites for hydroxylation is 1. The van der Waals surface area contributed by atoms with Gasteiger partial charge in [0.1, 0.15) is 0 Å². The summed E-state index contributed by atoms with van der Waals surface area (Å²) in [6.45, 7) is 4.39. The number of aromatic nitrogens is 3. The highest BCUT2D eigenvalue weighted by Crippen LogP contribution is 2.26. The average molecular weight is 415 g/mol. The molecule has 26 heavy (non-hydrogen) atoms. The third kappa shape index (κ3) is 3.37. The monoisotopic (exact) mass is 414 g/mol. The van der Waals surface area contributed by atoms with Crippen molar-refractivity contribution in [2.24, 2.45) is 0 Å². The van der Waals surface area contributed by atoms with Gasteiger partial charge in [0.2, 0.25) is 5.91 Å². The molecule has 1 amide bonds. The quantitative estimate of drug-likeness (QED) is 0.660. The summed E-state index contributed by atoms with van der Waals surface area (Å²) in [6.07, 6.45) is 0.267. The van der Waals surface area contributed by atoms with Crippen molar-refractivity contribution in [3.63, 3.8) is 0 Å². The van der Waals surface area contributed by atoms with E-state index < -0.39 is 0 Å². The van der Waals surface area contributed by atoms with Gasteiger partial charge in [-0.1, -0.05) is 28.1 Å². The Morgan fingerprint density at radius 3 is 2.62 bits per heavy atom. The first-order valence-corrected chi connectivity index (χ1v) is 9.38.